The average molecular weight is 236 g/mol. The number of unbranched alkanes of at least 4 members (excludes halogenated alkanes) is 1. The van der Waals surface area contributed by atoms with Gasteiger partial charge in [-0.2, -0.15) is 8.42 Å². The summed E-state index contributed by atoms with van der Waals surface area (Å²) in [4.78, 5) is 0. The molecule has 0 bridgehead atoms. The molecule has 0 aromatic carbocycles. The summed E-state index contributed by atoms with van der Waals surface area (Å²) in [5.74, 6) is 0.613. The van der Waals surface area contributed by atoms with Crippen LogP contribution in [0.5, 0.6) is 5.75 Å². The van der Waals surface area contributed by atoms with Gasteiger partial charge in [0.15, 0.2) is 0 Å². The summed E-state index contributed by atoms with van der Waals surface area (Å²) in [5, 5.41) is 3.79. The highest BCUT2D eigenvalue weighted by molar-refractivity contribution is 7.85. The molecule has 0 unspecified atom stereocenters. The Bertz CT molecular complexity index is 341. The minimum absolute atomic E-state index is 0.194. The second-order valence-electron chi connectivity index (χ2n) is 2.80. The van der Waals surface area contributed by atoms with Crippen LogP contribution in [0.2, 0.25) is 0 Å². The maximum Gasteiger partial charge on any atom is 0.264 e. The van der Waals surface area contributed by atoms with Crippen molar-refractivity contribution in [3.8, 4) is 5.75 Å². The first kappa shape index (κ1) is 11.5. The Balaban J connectivity index is 2.06. The van der Waals surface area contributed by atoms with Crippen LogP contribution in [0.4, 0.5) is 0 Å². The molecule has 0 radical (unpaired) electrons. The smallest absolute Gasteiger partial charge is 0.264 e. The minimum Gasteiger partial charge on any atom is -0.493 e. The van der Waals surface area contributed by atoms with Crippen molar-refractivity contribution in [3.05, 3.63) is 16.8 Å². The van der Waals surface area contributed by atoms with Crippen LogP contribution < -0.4 is 4.74 Å². The molecule has 1 N–H and O–H groups in total. The van der Waals surface area contributed by atoms with Crippen molar-refractivity contribution >= 4 is 21.5 Å². The zero-order valence-electron chi connectivity index (χ0n) is 7.55. The molecule has 0 aliphatic heterocycles. The van der Waals surface area contributed by atoms with E-state index in [2.05, 4.69) is 0 Å². The Kier molecular flexibility index (Phi) is 4.37. The van der Waals surface area contributed by atoms with Crippen molar-refractivity contribution in [2.24, 2.45) is 0 Å². The first-order valence-electron chi connectivity index (χ1n) is 4.18. The lowest BCUT2D eigenvalue weighted by Crippen LogP contribution is -2.05. The summed E-state index contributed by atoms with van der Waals surface area (Å²) in [7, 11) is -3.81. The van der Waals surface area contributed by atoms with Gasteiger partial charge in [-0.05, 0) is 24.3 Å². The summed E-state index contributed by atoms with van der Waals surface area (Å²) in [6, 6.07) is 1.85. The van der Waals surface area contributed by atoms with Crippen molar-refractivity contribution < 1.29 is 17.7 Å². The van der Waals surface area contributed by atoms with Crippen LogP contribution in [0, 0.1) is 0 Å². The molecular formula is C8H12O4S2. The van der Waals surface area contributed by atoms with Crippen LogP contribution in [-0.2, 0) is 10.1 Å². The predicted octanol–water partition coefficient (Wildman–Crippen LogP) is 1.79. The highest BCUT2D eigenvalue weighted by Crippen LogP contribution is 2.14. The Morgan fingerprint density at radius 2 is 2.21 bits per heavy atom. The van der Waals surface area contributed by atoms with E-state index in [4.69, 9.17) is 9.29 Å². The molecule has 0 saturated carbocycles. The first-order valence-corrected chi connectivity index (χ1v) is 6.73. The molecular weight excluding hydrogens is 224 g/mol. The fraction of sp³-hybridized carbons (Fsp3) is 0.500. The van der Waals surface area contributed by atoms with E-state index in [1.165, 1.54) is 0 Å². The molecule has 0 saturated heterocycles. The Hall–Kier alpha value is -0.590. The van der Waals surface area contributed by atoms with Crippen molar-refractivity contribution in [1.82, 2.24) is 0 Å². The molecule has 0 atom stereocenters. The molecule has 0 aliphatic carbocycles. The van der Waals surface area contributed by atoms with Crippen LogP contribution in [0.25, 0.3) is 0 Å². The van der Waals surface area contributed by atoms with Gasteiger partial charge in [0.1, 0.15) is 5.75 Å². The molecule has 1 aromatic heterocycles. The summed E-state index contributed by atoms with van der Waals surface area (Å²) < 4.78 is 34.4. The number of hydrogen-bond acceptors (Lipinski definition) is 4. The van der Waals surface area contributed by atoms with Gasteiger partial charge in [-0.25, -0.2) is 0 Å². The Labute approximate surface area is 87.3 Å². The van der Waals surface area contributed by atoms with E-state index in [1.807, 2.05) is 16.8 Å². The SMILES string of the molecule is O=S(=O)(O)CCCCOc1ccsc1. The van der Waals surface area contributed by atoms with E-state index >= 15 is 0 Å². The third kappa shape index (κ3) is 5.21. The van der Waals surface area contributed by atoms with E-state index in [-0.39, 0.29) is 5.75 Å². The second-order valence-corrected chi connectivity index (χ2v) is 5.15. The van der Waals surface area contributed by atoms with Gasteiger partial charge in [0, 0.05) is 5.38 Å². The lowest BCUT2D eigenvalue weighted by atomic mass is 10.4. The molecule has 4 nitrogen and oxygen atoms in total. The fourth-order valence-corrected chi connectivity index (χ4v) is 2.05. The van der Waals surface area contributed by atoms with Crippen molar-refractivity contribution in [1.29, 1.82) is 0 Å². The van der Waals surface area contributed by atoms with E-state index < -0.39 is 10.1 Å². The summed E-state index contributed by atoms with van der Waals surface area (Å²) >= 11 is 1.55. The minimum atomic E-state index is -3.81. The van der Waals surface area contributed by atoms with Gasteiger partial charge in [0.2, 0.25) is 0 Å². The predicted molar refractivity (Wildman–Crippen MR) is 55.5 cm³/mol. The van der Waals surface area contributed by atoms with Gasteiger partial charge >= 0.3 is 0 Å². The topological polar surface area (TPSA) is 63.6 Å². The van der Waals surface area contributed by atoms with Crippen LogP contribution in [0.1, 0.15) is 12.8 Å². The van der Waals surface area contributed by atoms with Crippen molar-refractivity contribution in [3.63, 3.8) is 0 Å². The Morgan fingerprint density at radius 1 is 1.43 bits per heavy atom. The maximum atomic E-state index is 10.3. The molecule has 6 heteroatoms. The monoisotopic (exact) mass is 236 g/mol. The van der Waals surface area contributed by atoms with E-state index in [1.54, 1.807) is 11.3 Å². The third-order valence-electron chi connectivity index (χ3n) is 1.56. The average Bonchev–Trinajstić information content (AvgIpc) is 2.54. The van der Waals surface area contributed by atoms with Crippen molar-refractivity contribution in [2.45, 2.75) is 12.8 Å². The normalized spacial score (nSPS) is 11.5. The zero-order valence-corrected chi connectivity index (χ0v) is 9.18. The quantitative estimate of drug-likeness (QED) is 0.604. The van der Waals surface area contributed by atoms with Crippen molar-refractivity contribution in [2.75, 3.05) is 12.4 Å². The second kappa shape index (κ2) is 5.33. The number of ether oxygens (including phenoxy) is 1. The zero-order chi connectivity index (χ0) is 10.4. The molecule has 0 amide bonds. The molecule has 0 fully saturated rings. The van der Waals surface area contributed by atoms with Gasteiger partial charge in [-0.15, -0.1) is 11.3 Å². The Morgan fingerprint density at radius 3 is 2.79 bits per heavy atom. The lowest BCUT2D eigenvalue weighted by molar-refractivity contribution is 0.310. The maximum absolute atomic E-state index is 10.3. The van der Waals surface area contributed by atoms with Crippen LogP contribution in [-0.4, -0.2) is 25.3 Å². The molecule has 1 rings (SSSR count). The number of hydrogen-bond donors (Lipinski definition) is 1. The van der Waals surface area contributed by atoms with Gasteiger partial charge in [0.25, 0.3) is 10.1 Å². The van der Waals surface area contributed by atoms with Gasteiger partial charge in [-0.3, -0.25) is 4.55 Å². The largest absolute Gasteiger partial charge is 0.493 e. The molecule has 1 heterocycles. The third-order valence-corrected chi connectivity index (χ3v) is 3.03. The molecule has 1 aromatic rings. The van der Waals surface area contributed by atoms with Crippen LogP contribution in [0.15, 0.2) is 16.8 Å². The summed E-state index contributed by atoms with van der Waals surface area (Å²) in [6.07, 6.45) is 1.04. The van der Waals surface area contributed by atoms with Gasteiger partial charge in [0.05, 0.1) is 12.4 Å². The van der Waals surface area contributed by atoms with Gasteiger partial charge in [-0.1, -0.05) is 0 Å². The summed E-state index contributed by atoms with van der Waals surface area (Å²) in [5.41, 5.74) is 0. The lowest BCUT2D eigenvalue weighted by Gasteiger charge is -2.02. The summed E-state index contributed by atoms with van der Waals surface area (Å²) in [6.45, 7) is 0.478. The molecule has 14 heavy (non-hydrogen) atoms. The molecule has 0 aliphatic rings. The van der Waals surface area contributed by atoms with Crippen LogP contribution in [0.3, 0.4) is 0 Å². The van der Waals surface area contributed by atoms with E-state index in [0.717, 1.165) is 5.75 Å². The first-order chi connectivity index (χ1) is 6.58. The van der Waals surface area contributed by atoms with E-state index in [0.29, 0.717) is 19.4 Å². The van der Waals surface area contributed by atoms with E-state index in [9.17, 15) is 8.42 Å². The molecule has 80 valence electrons. The van der Waals surface area contributed by atoms with Crippen LogP contribution >= 0.6 is 11.3 Å². The fourth-order valence-electron chi connectivity index (χ4n) is 0.911. The number of rotatable bonds is 6. The van der Waals surface area contributed by atoms with Gasteiger partial charge < -0.3 is 4.74 Å². The highest BCUT2D eigenvalue weighted by atomic mass is 32.2. The highest BCUT2D eigenvalue weighted by Gasteiger charge is 2.03. The molecule has 0 spiro atoms. The number of thiophene rings is 1. The standard InChI is InChI=1S/C8H12O4S2/c9-14(10,11)6-2-1-4-12-8-3-5-13-7-8/h3,5,7H,1-2,4,6H2,(H,9,10,11).